The fraction of sp³-hybridized carbons (Fsp3) is 0.238. The van der Waals surface area contributed by atoms with Gasteiger partial charge in [0, 0.05) is 12.1 Å². The molecule has 0 spiro atoms. The molecule has 7 heteroatoms. The highest BCUT2D eigenvalue weighted by atomic mass is 16.7. The third-order valence-corrected chi connectivity index (χ3v) is 4.69. The van der Waals surface area contributed by atoms with Crippen molar-refractivity contribution in [1.82, 2.24) is 10.6 Å². The van der Waals surface area contributed by atoms with Crippen LogP contribution in [0.1, 0.15) is 24.1 Å². The lowest BCUT2D eigenvalue weighted by atomic mass is 9.95. The molecule has 28 heavy (non-hydrogen) atoms. The standard InChI is InChI=1S/C21H20N2O5/c1-13-18(20(24)26-10-9-14-5-3-2-4-6-14)19(23-21(25)22-13)15-7-8-16-17(11-15)28-12-27-16/h2-8,11,19H,9-10,12H2,1H3,(H2,22,23,25)/t19-/m0/s1. The second-order valence-corrected chi connectivity index (χ2v) is 6.55. The van der Waals surface area contributed by atoms with Crippen molar-refractivity contribution in [2.24, 2.45) is 0 Å². The Morgan fingerprint density at radius 1 is 1.14 bits per heavy atom. The molecule has 7 nitrogen and oxygen atoms in total. The molecule has 0 aliphatic carbocycles. The van der Waals surface area contributed by atoms with E-state index in [1.807, 2.05) is 30.3 Å². The number of benzene rings is 2. The largest absolute Gasteiger partial charge is 0.462 e. The van der Waals surface area contributed by atoms with Gasteiger partial charge in [-0.25, -0.2) is 9.59 Å². The van der Waals surface area contributed by atoms with Crippen molar-refractivity contribution in [1.29, 1.82) is 0 Å². The summed E-state index contributed by atoms with van der Waals surface area (Å²) in [5, 5.41) is 5.43. The first kappa shape index (κ1) is 17.9. The van der Waals surface area contributed by atoms with Crippen LogP contribution in [0.4, 0.5) is 4.79 Å². The molecule has 0 saturated carbocycles. The number of nitrogens with one attached hydrogen (secondary N) is 2. The van der Waals surface area contributed by atoms with Crippen LogP contribution in [0.2, 0.25) is 0 Å². The summed E-state index contributed by atoms with van der Waals surface area (Å²) in [5.74, 6) is 0.750. The summed E-state index contributed by atoms with van der Waals surface area (Å²) in [5.41, 5.74) is 2.64. The molecule has 4 rings (SSSR count). The lowest BCUT2D eigenvalue weighted by Gasteiger charge is -2.28. The number of hydrogen-bond acceptors (Lipinski definition) is 5. The van der Waals surface area contributed by atoms with Gasteiger partial charge in [0.25, 0.3) is 0 Å². The summed E-state index contributed by atoms with van der Waals surface area (Å²) in [6.45, 7) is 2.09. The molecule has 0 fully saturated rings. The molecule has 2 heterocycles. The maximum atomic E-state index is 12.8. The zero-order valence-corrected chi connectivity index (χ0v) is 15.4. The van der Waals surface area contributed by atoms with E-state index in [2.05, 4.69) is 10.6 Å². The minimum absolute atomic E-state index is 0.153. The third kappa shape index (κ3) is 3.64. The lowest BCUT2D eigenvalue weighted by Crippen LogP contribution is -2.45. The Morgan fingerprint density at radius 2 is 1.93 bits per heavy atom. The Bertz CT molecular complexity index is 939. The predicted molar refractivity (Wildman–Crippen MR) is 101 cm³/mol. The Hall–Kier alpha value is -3.48. The van der Waals surface area contributed by atoms with Gasteiger partial charge in [0.05, 0.1) is 18.2 Å². The number of fused-ring (bicyclic) bond motifs is 1. The maximum Gasteiger partial charge on any atom is 0.338 e. The number of hydrogen-bond donors (Lipinski definition) is 2. The number of allylic oxidation sites excluding steroid dienone is 1. The highest BCUT2D eigenvalue weighted by Gasteiger charge is 2.33. The smallest absolute Gasteiger partial charge is 0.338 e. The van der Waals surface area contributed by atoms with Crippen LogP contribution >= 0.6 is 0 Å². The monoisotopic (exact) mass is 380 g/mol. The van der Waals surface area contributed by atoms with Crippen molar-refractivity contribution in [2.75, 3.05) is 13.4 Å². The number of rotatable bonds is 5. The van der Waals surface area contributed by atoms with Crippen LogP contribution in [0.3, 0.4) is 0 Å². The number of urea groups is 1. The molecule has 0 unspecified atom stereocenters. The van der Waals surface area contributed by atoms with Crippen molar-refractivity contribution >= 4 is 12.0 Å². The normalized spacial score (nSPS) is 17.8. The van der Waals surface area contributed by atoms with E-state index in [4.69, 9.17) is 14.2 Å². The quantitative estimate of drug-likeness (QED) is 0.779. The van der Waals surface area contributed by atoms with Gasteiger partial charge in [-0.05, 0) is 30.2 Å². The van der Waals surface area contributed by atoms with Crippen LogP contribution in [-0.2, 0) is 16.0 Å². The molecule has 2 aromatic rings. The lowest BCUT2D eigenvalue weighted by molar-refractivity contribution is -0.139. The molecule has 2 aliphatic rings. The molecule has 2 aliphatic heterocycles. The van der Waals surface area contributed by atoms with Crippen molar-refractivity contribution in [3.8, 4) is 11.5 Å². The summed E-state index contributed by atoms with van der Waals surface area (Å²) >= 11 is 0. The van der Waals surface area contributed by atoms with Crippen molar-refractivity contribution in [3.63, 3.8) is 0 Å². The summed E-state index contributed by atoms with van der Waals surface area (Å²) < 4.78 is 16.2. The molecule has 0 radical (unpaired) electrons. The molecular formula is C21H20N2O5. The van der Waals surface area contributed by atoms with Crippen LogP contribution in [0, 0.1) is 0 Å². The number of carbonyl (C=O) groups is 2. The molecule has 0 saturated heterocycles. The fourth-order valence-electron chi connectivity index (χ4n) is 3.29. The van der Waals surface area contributed by atoms with Gasteiger partial charge in [-0.3, -0.25) is 0 Å². The van der Waals surface area contributed by atoms with Crippen LogP contribution in [0.15, 0.2) is 59.8 Å². The number of ether oxygens (including phenoxy) is 3. The minimum atomic E-state index is -0.632. The Labute approximate surface area is 162 Å². The molecule has 0 aromatic heterocycles. The van der Waals surface area contributed by atoms with Crippen molar-refractivity contribution in [2.45, 2.75) is 19.4 Å². The number of carbonyl (C=O) groups excluding carboxylic acids is 2. The Balaban J connectivity index is 1.53. The number of amides is 2. The van der Waals surface area contributed by atoms with Crippen LogP contribution < -0.4 is 20.1 Å². The van der Waals surface area contributed by atoms with E-state index in [0.717, 1.165) is 5.56 Å². The second kappa shape index (κ2) is 7.64. The molecule has 2 amide bonds. The first-order valence-electron chi connectivity index (χ1n) is 9.00. The van der Waals surface area contributed by atoms with E-state index in [1.165, 1.54) is 0 Å². The van der Waals surface area contributed by atoms with E-state index in [1.54, 1.807) is 25.1 Å². The van der Waals surface area contributed by atoms with Gasteiger partial charge in [-0.2, -0.15) is 0 Å². The summed E-state index contributed by atoms with van der Waals surface area (Å²) in [7, 11) is 0. The molecule has 1 atom stereocenters. The van der Waals surface area contributed by atoms with Gasteiger partial charge < -0.3 is 24.8 Å². The summed E-state index contributed by atoms with van der Waals surface area (Å²) in [4.78, 5) is 24.8. The van der Waals surface area contributed by atoms with Crippen molar-refractivity contribution < 1.29 is 23.8 Å². The van der Waals surface area contributed by atoms with Crippen molar-refractivity contribution in [3.05, 3.63) is 70.9 Å². The minimum Gasteiger partial charge on any atom is -0.462 e. The van der Waals surface area contributed by atoms with E-state index in [-0.39, 0.29) is 19.4 Å². The van der Waals surface area contributed by atoms with Gasteiger partial charge in [0.1, 0.15) is 0 Å². The van der Waals surface area contributed by atoms with Crippen LogP contribution in [0.25, 0.3) is 0 Å². The van der Waals surface area contributed by atoms with E-state index >= 15 is 0 Å². The summed E-state index contributed by atoms with van der Waals surface area (Å²) in [6, 6.07) is 14.1. The zero-order valence-electron chi connectivity index (χ0n) is 15.4. The van der Waals surface area contributed by atoms with E-state index in [0.29, 0.717) is 34.8 Å². The van der Waals surface area contributed by atoms with Gasteiger partial charge in [0.2, 0.25) is 6.79 Å². The average molecular weight is 380 g/mol. The van der Waals surface area contributed by atoms with Crippen LogP contribution in [0.5, 0.6) is 11.5 Å². The molecule has 2 N–H and O–H groups in total. The summed E-state index contributed by atoms with van der Waals surface area (Å²) in [6.07, 6.45) is 0.618. The van der Waals surface area contributed by atoms with E-state index in [9.17, 15) is 9.59 Å². The molecule has 144 valence electrons. The van der Waals surface area contributed by atoms with Gasteiger partial charge in [-0.1, -0.05) is 36.4 Å². The third-order valence-electron chi connectivity index (χ3n) is 4.69. The highest BCUT2D eigenvalue weighted by Crippen LogP contribution is 2.37. The zero-order chi connectivity index (χ0) is 19.5. The predicted octanol–water partition coefficient (Wildman–Crippen LogP) is 2.83. The highest BCUT2D eigenvalue weighted by molar-refractivity contribution is 5.95. The Kier molecular flexibility index (Phi) is 4.89. The number of esters is 1. The molecule has 2 aromatic carbocycles. The van der Waals surface area contributed by atoms with E-state index < -0.39 is 12.0 Å². The SMILES string of the molecule is CC1=C(C(=O)OCCc2ccccc2)[C@H](c2ccc3c(c2)OCO3)NC(=O)N1. The fourth-order valence-corrected chi connectivity index (χ4v) is 3.29. The topological polar surface area (TPSA) is 85.9 Å². The molecular weight excluding hydrogens is 360 g/mol. The Morgan fingerprint density at radius 3 is 2.75 bits per heavy atom. The van der Waals surface area contributed by atoms with Gasteiger partial charge in [0.15, 0.2) is 11.5 Å². The first-order chi connectivity index (χ1) is 13.6. The molecule has 0 bridgehead atoms. The van der Waals surface area contributed by atoms with Gasteiger partial charge >= 0.3 is 12.0 Å². The van der Waals surface area contributed by atoms with Gasteiger partial charge in [-0.15, -0.1) is 0 Å². The first-order valence-corrected chi connectivity index (χ1v) is 9.00. The second-order valence-electron chi connectivity index (χ2n) is 6.55. The van der Waals surface area contributed by atoms with Crippen LogP contribution in [-0.4, -0.2) is 25.4 Å². The maximum absolute atomic E-state index is 12.8. The average Bonchev–Trinajstić information content (AvgIpc) is 3.16.